The van der Waals surface area contributed by atoms with Gasteiger partial charge in [-0.25, -0.2) is 0 Å². The van der Waals surface area contributed by atoms with Crippen LogP contribution in [-0.4, -0.2) is 39.9 Å². The molecule has 0 bridgehead atoms. The molecule has 1 atom stereocenters. The molecule has 0 spiro atoms. The fourth-order valence-corrected chi connectivity index (χ4v) is 5.42. The summed E-state index contributed by atoms with van der Waals surface area (Å²) >= 11 is -1.41. The van der Waals surface area contributed by atoms with E-state index < -0.39 is 36.1 Å². The van der Waals surface area contributed by atoms with Crippen LogP contribution in [0.15, 0.2) is 84.9 Å². The van der Waals surface area contributed by atoms with Gasteiger partial charge < -0.3 is 14.4 Å². The van der Waals surface area contributed by atoms with E-state index >= 15 is 0 Å². The third-order valence-electron chi connectivity index (χ3n) is 6.52. The standard InChI is InChI=1S/C32H35F5O3S/c33-31(34,32(35,36)37)19-8-22-41(39)21-6-2-5-20-40-30-17-14-25(15-18-30)13-16-28(27-10-3-1-4-11-27)23-26-9-7-12-29(38)24-26/h1,3-4,7,9-12,14-18,24,38H,2,5-6,8,13,19-23H2. The van der Waals surface area contributed by atoms with E-state index in [1.807, 2.05) is 54.6 Å². The molecular formula is C32H35F5O3S. The Bertz CT molecular complexity index is 1210. The maximum atomic E-state index is 12.9. The first kappa shape index (κ1) is 32.5. The molecule has 0 saturated heterocycles. The van der Waals surface area contributed by atoms with Crippen molar-refractivity contribution in [3.05, 3.63) is 102 Å². The molecule has 1 unspecified atom stereocenters. The van der Waals surface area contributed by atoms with Crippen molar-refractivity contribution in [1.82, 2.24) is 0 Å². The number of phenols is 1. The summed E-state index contributed by atoms with van der Waals surface area (Å²) in [6, 6.07) is 25.2. The SMILES string of the molecule is [O-][S+](CCCCCOc1ccc(CC=C(Cc2cccc(O)c2)c2ccccc2)cc1)CCCC(F)(F)C(F)(F)F. The van der Waals surface area contributed by atoms with Gasteiger partial charge in [0, 0.05) is 6.42 Å². The molecule has 0 fully saturated rings. The van der Waals surface area contributed by atoms with Gasteiger partial charge in [0.05, 0.1) is 6.61 Å². The van der Waals surface area contributed by atoms with Crippen molar-refractivity contribution in [2.75, 3.05) is 18.1 Å². The highest BCUT2D eigenvalue weighted by Crippen LogP contribution is 2.38. The van der Waals surface area contributed by atoms with E-state index in [0.29, 0.717) is 25.9 Å². The lowest BCUT2D eigenvalue weighted by atomic mass is 9.96. The molecule has 0 heterocycles. The van der Waals surface area contributed by atoms with Gasteiger partial charge >= 0.3 is 12.1 Å². The molecule has 3 rings (SSSR count). The Hall–Kier alpha value is -3.04. The maximum Gasteiger partial charge on any atom is 0.453 e. The smallest absolute Gasteiger partial charge is 0.453 e. The number of hydrogen-bond acceptors (Lipinski definition) is 3. The van der Waals surface area contributed by atoms with Crippen molar-refractivity contribution in [2.45, 2.75) is 57.0 Å². The second-order valence-corrected chi connectivity index (χ2v) is 11.5. The van der Waals surface area contributed by atoms with Crippen LogP contribution in [0, 0.1) is 0 Å². The number of unbranched alkanes of at least 4 members (excludes halogenated alkanes) is 2. The zero-order valence-electron chi connectivity index (χ0n) is 22.7. The van der Waals surface area contributed by atoms with E-state index in [0.717, 1.165) is 40.9 Å². The number of ether oxygens (including phenoxy) is 1. The Kier molecular flexibility index (Phi) is 12.5. The van der Waals surface area contributed by atoms with Crippen LogP contribution in [0.1, 0.15) is 48.8 Å². The highest BCUT2D eigenvalue weighted by molar-refractivity contribution is 7.91. The third kappa shape index (κ3) is 11.4. The molecule has 0 aliphatic carbocycles. The number of phenolic OH excluding ortho intramolecular Hbond substituents is 1. The Morgan fingerprint density at radius 2 is 1.51 bits per heavy atom. The predicted molar refractivity (Wildman–Crippen MR) is 154 cm³/mol. The lowest BCUT2D eigenvalue weighted by Crippen LogP contribution is -2.36. The molecule has 1 N–H and O–H groups in total. The van der Waals surface area contributed by atoms with Crippen LogP contribution in [0.5, 0.6) is 11.5 Å². The predicted octanol–water partition coefficient (Wildman–Crippen LogP) is 8.54. The van der Waals surface area contributed by atoms with E-state index in [1.54, 1.807) is 12.1 Å². The van der Waals surface area contributed by atoms with E-state index in [-0.39, 0.29) is 17.3 Å². The minimum absolute atomic E-state index is 0.160. The van der Waals surface area contributed by atoms with Crippen molar-refractivity contribution in [1.29, 1.82) is 0 Å². The Morgan fingerprint density at radius 3 is 2.20 bits per heavy atom. The molecule has 0 radical (unpaired) electrons. The lowest BCUT2D eigenvalue weighted by Gasteiger charge is -2.19. The molecule has 0 aliphatic heterocycles. The molecule has 3 aromatic rings. The van der Waals surface area contributed by atoms with Gasteiger partial charge in [0.1, 0.15) is 23.0 Å². The number of alkyl halides is 5. The summed E-state index contributed by atoms with van der Waals surface area (Å²) in [5, 5.41) is 9.83. The fraction of sp³-hybridized carbons (Fsp3) is 0.375. The number of allylic oxidation sites excluding steroid dienone is 2. The highest BCUT2D eigenvalue weighted by atomic mass is 32.2. The minimum Gasteiger partial charge on any atom is -0.616 e. The molecule has 3 aromatic carbocycles. The average molecular weight is 595 g/mol. The van der Waals surface area contributed by atoms with Crippen LogP contribution in [0.25, 0.3) is 5.57 Å². The average Bonchev–Trinajstić information content (AvgIpc) is 2.93. The molecule has 9 heteroatoms. The number of aromatic hydroxyl groups is 1. The molecule has 222 valence electrons. The summed E-state index contributed by atoms with van der Waals surface area (Å²) < 4.78 is 80.0. The van der Waals surface area contributed by atoms with Crippen LogP contribution in [0.3, 0.4) is 0 Å². The van der Waals surface area contributed by atoms with Gasteiger partial charge in [-0.1, -0.05) is 71.8 Å². The summed E-state index contributed by atoms with van der Waals surface area (Å²) in [6.07, 6.45) is -1.69. The zero-order chi connectivity index (χ0) is 29.7. The van der Waals surface area contributed by atoms with Gasteiger partial charge in [0.25, 0.3) is 0 Å². The molecular weight excluding hydrogens is 559 g/mol. The first-order valence-electron chi connectivity index (χ1n) is 13.6. The van der Waals surface area contributed by atoms with Crippen LogP contribution >= 0.6 is 0 Å². The first-order chi connectivity index (χ1) is 19.5. The van der Waals surface area contributed by atoms with Crippen LogP contribution in [0.2, 0.25) is 0 Å². The van der Waals surface area contributed by atoms with Crippen molar-refractivity contribution < 1.29 is 36.3 Å². The van der Waals surface area contributed by atoms with Gasteiger partial charge in [-0.15, -0.1) is 0 Å². The fourth-order valence-electron chi connectivity index (χ4n) is 4.22. The zero-order valence-corrected chi connectivity index (χ0v) is 23.5. The number of hydrogen-bond donors (Lipinski definition) is 1. The Balaban J connectivity index is 1.38. The van der Waals surface area contributed by atoms with Crippen molar-refractivity contribution in [3.63, 3.8) is 0 Å². The van der Waals surface area contributed by atoms with Gasteiger partial charge in [-0.2, -0.15) is 22.0 Å². The molecule has 3 nitrogen and oxygen atoms in total. The van der Waals surface area contributed by atoms with E-state index in [4.69, 9.17) is 4.74 Å². The maximum absolute atomic E-state index is 12.9. The topological polar surface area (TPSA) is 52.5 Å². The monoisotopic (exact) mass is 594 g/mol. The quantitative estimate of drug-likeness (QED) is 0.103. The lowest BCUT2D eigenvalue weighted by molar-refractivity contribution is -0.284. The third-order valence-corrected chi connectivity index (χ3v) is 8.01. The molecule has 41 heavy (non-hydrogen) atoms. The number of halogens is 5. The molecule has 0 amide bonds. The Morgan fingerprint density at radius 1 is 0.805 bits per heavy atom. The number of rotatable bonds is 16. The van der Waals surface area contributed by atoms with Crippen molar-refractivity contribution in [2.24, 2.45) is 0 Å². The van der Waals surface area contributed by atoms with Crippen LogP contribution in [-0.2, 0) is 24.0 Å². The van der Waals surface area contributed by atoms with Gasteiger partial charge in [-0.3, -0.25) is 0 Å². The molecule has 0 aromatic heterocycles. The summed E-state index contributed by atoms with van der Waals surface area (Å²) in [4.78, 5) is 0. The second-order valence-electron chi connectivity index (χ2n) is 9.85. The largest absolute Gasteiger partial charge is 0.616 e. The van der Waals surface area contributed by atoms with E-state index in [1.165, 1.54) is 0 Å². The number of benzene rings is 3. The summed E-state index contributed by atoms with van der Waals surface area (Å²) in [7, 11) is 0. The second kappa shape index (κ2) is 15.8. The highest BCUT2D eigenvalue weighted by Gasteiger charge is 2.56. The Labute approximate surface area is 241 Å². The summed E-state index contributed by atoms with van der Waals surface area (Å²) in [6.45, 7) is 0.464. The van der Waals surface area contributed by atoms with Crippen molar-refractivity contribution >= 4 is 16.7 Å². The van der Waals surface area contributed by atoms with Gasteiger partial charge in [-0.05, 0) is 85.1 Å². The van der Waals surface area contributed by atoms with E-state index in [2.05, 4.69) is 18.2 Å². The minimum atomic E-state index is -5.56. The van der Waals surface area contributed by atoms with Gasteiger partial charge in [0.2, 0.25) is 0 Å². The molecule has 0 saturated carbocycles. The van der Waals surface area contributed by atoms with Crippen molar-refractivity contribution in [3.8, 4) is 11.5 Å². The van der Waals surface area contributed by atoms with Crippen LogP contribution < -0.4 is 4.74 Å². The summed E-state index contributed by atoms with van der Waals surface area (Å²) in [5.74, 6) is -3.64. The normalized spacial score (nSPS) is 13.3. The first-order valence-corrected chi connectivity index (χ1v) is 15.1. The van der Waals surface area contributed by atoms with Crippen LogP contribution in [0.4, 0.5) is 22.0 Å². The van der Waals surface area contributed by atoms with Gasteiger partial charge in [0.15, 0.2) is 0 Å². The van der Waals surface area contributed by atoms with E-state index in [9.17, 15) is 31.6 Å². The summed E-state index contributed by atoms with van der Waals surface area (Å²) in [5.41, 5.74) is 4.44. The molecule has 0 aliphatic rings.